The minimum Gasteiger partial charge on any atom is -0.449 e. The van der Waals surface area contributed by atoms with E-state index in [9.17, 15) is 18.0 Å². The lowest BCUT2D eigenvalue weighted by Gasteiger charge is -2.32. The molecule has 1 amide bonds. The minimum absolute atomic E-state index is 0.0520. The fourth-order valence-corrected chi connectivity index (χ4v) is 6.67. The number of sulfonamides is 1. The molecule has 1 aliphatic carbocycles. The maximum absolute atomic E-state index is 13.5. The lowest BCUT2D eigenvalue weighted by atomic mass is 9.94. The number of likely N-dealkylation sites (N-methyl/N-ethyl adjacent to an activating group) is 1. The van der Waals surface area contributed by atoms with Crippen molar-refractivity contribution in [3.8, 4) is 0 Å². The van der Waals surface area contributed by atoms with Gasteiger partial charge in [0.15, 0.2) is 6.10 Å². The molecule has 1 aliphatic heterocycles. The van der Waals surface area contributed by atoms with Crippen molar-refractivity contribution in [2.24, 2.45) is 0 Å². The van der Waals surface area contributed by atoms with E-state index in [1.165, 1.54) is 35.8 Å². The van der Waals surface area contributed by atoms with E-state index in [1.807, 2.05) is 12.1 Å². The van der Waals surface area contributed by atoms with Crippen LogP contribution in [0.15, 0.2) is 47.4 Å². The van der Waals surface area contributed by atoms with Crippen molar-refractivity contribution in [2.45, 2.75) is 68.9 Å². The van der Waals surface area contributed by atoms with Gasteiger partial charge in [-0.15, -0.1) is 0 Å². The van der Waals surface area contributed by atoms with Crippen molar-refractivity contribution in [2.75, 3.05) is 17.9 Å². The molecule has 0 radical (unpaired) electrons. The van der Waals surface area contributed by atoms with Crippen molar-refractivity contribution < 1.29 is 22.7 Å². The molecule has 4 rings (SSSR count). The van der Waals surface area contributed by atoms with E-state index in [-0.39, 0.29) is 27.4 Å². The average Bonchev–Trinajstić information content (AvgIpc) is 2.87. The second-order valence-corrected chi connectivity index (χ2v) is 11.5. The van der Waals surface area contributed by atoms with Gasteiger partial charge in [-0.2, -0.15) is 0 Å². The Balaban J connectivity index is 1.53. The van der Waals surface area contributed by atoms with E-state index in [0.29, 0.717) is 18.7 Å². The maximum Gasteiger partial charge on any atom is 0.340 e. The Hall–Kier alpha value is -2.58. The quantitative estimate of drug-likeness (QED) is 0.512. The van der Waals surface area contributed by atoms with Gasteiger partial charge in [-0.3, -0.25) is 9.10 Å². The third-order valence-electron chi connectivity index (χ3n) is 6.91. The Kier molecular flexibility index (Phi) is 7.71. The van der Waals surface area contributed by atoms with Gasteiger partial charge < -0.3 is 9.64 Å². The number of amides is 1. The van der Waals surface area contributed by atoms with E-state index in [0.717, 1.165) is 37.7 Å². The highest BCUT2D eigenvalue weighted by atomic mass is 35.5. The first kappa shape index (κ1) is 25.5. The summed E-state index contributed by atoms with van der Waals surface area (Å²) in [4.78, 5) is 27.4. The molecule has 35 heavy (non-hydrogen) atoms. The molecular formula is C26H31ClN2O5S. The number of nitrogens with zero attached hydrogens (tertiary/aromatic N) is 2. The largest absolute Gasteiger partial charge is 0.449 e. The van der Waals surface area contributed by atoms with Crippen molar-refractivity contribution in [3.05, 3.63) is 58.6 Å². The van der Waals surface area contributed by atoms with Gasteiger partial charge in [0.1, 0.15) is 0 Å². The summed E-state index contributed by atoms with van der Waals surface area (Å²) in [7, 11) is -2.19. The number of rotatable bonds is 6. The summed E-state index contributed by atoms with van der Waals surface area (Å²) in [6.07, 6.45) is 5.70. The lowest BCUT2D eigenvalue weighted by Crippen LogP contribution is -2.44. The molecule has 0 N–H and O–H groups in total. The Morgan fingerprint density at radius 1 is 1.09 bits per heavy atom. The summed E-state index contributed by atoms with van der Waals surface area (Å²) in [5, 5.41) is 0.0632. The van der Waals surface area contributed by atoms with Crippen LogP contribution in [-0.2, 0) is 26.0 Å². The molecular weight excluding hydrogens is 488 g/mol. The first-order valence-electron chi connectivity index (χ1n) is 12.1. The molecule has 2 aromatic carbocycles. The van der Waals surface area contributed by atoms with Crippen LogP contribution < -0.4 is 4.31 Å². The second-order valence-electron chi connectivity index (χ2n) is 9.24. The number of esters is 1. The molecule has 0 aromatic heterocycles. The molecule has 1 unspecified atom stereocenters. The third-order valence-corrected chi connectivity index (χ3v) is 9.05. The van der Waals surface area contributed by atoms with E-state index in [2.05, 4.69) is 0 Å². The molecule has 188 valence electrons. The molecule has 0 bridgehead atoms. The third kappa shape index (κ3) is 5.33. The number of carbonyl (C=O) groups is 2. The van der Waals surface area contributed by atoms with Crippen LogP contribution >= 0.6 is 11.6 Å². The Labute approximate surface area is 212 Å². The fraction of sp³-hybridized carbons (Fsp3) is 0.462. The molecule has 1 atom stereocenters. The number of carbonyl (C=O) groups excluding carboxylic acids is 2. The number of hydrogen-bond acceptors (Lipinski definition) is 5. The van der Waals surface area contributed by atoms with Gasteiger partial charge >= 0.3 is 5.97 Å². The first-order chi connectivity index (χ1) is 16.7. The zero-order valence-electron chi connectivity index (χ0n) is 20.1. The number of halogens is 1. The smallest absolute Gasteiger partial charge is 0.340 e. The van der Waals surface area contributed by atoms with Crippen LogP contribution in [0.5, 0.6) is 0 Å². The van der Waals surface area contributed by atoms with Crippen LogP contribution in [0.4, 0.5) is 5.69 Å². The molecule has 1 saturated carbocycles. The summed E-state index contributed by atoms with van der Waals surface area (Å²) in [5.41, 5.74) is 1.52. The minimum atomic E-state index is -3.93. The molecule has 2 aliphatic rings. The standard InChI is InChI=1S/C26H31ClN2O5S/c1-18(25(30)28(2)20-11-4-3-5-12-20)34-26(31)22-17-21(14-15-23(22)27)35(32,33)29-16-8-10-19-9-6-7-13-24(19)29/h6-7,9,13-15,17-18,20H,3-5,8,10-12,16H2,1-2H3. The molecule has 7 nitrogen and oxygen atoms in total. The van der Waals surface area contributed by atoms with Crippen molar-refractivity contribution in [1.82, 2.24) is 4.90 Å². The highest BCUT2D eigenvalue weighted by Crippen LogP contribution is 2.33. The summed E-state index contributed by atoms with van der Waals surface area (Å²) in [6.45, 7) is 1.87. The van der Waals surface area contributed by atoms with Gasteiger partial charge in [0, 0.05) is 19.6 Å². The first-order valence-corrected chi connectivity index (χ1v) is 13.9. The average molecular weight is 519 g/mol. The van der Waals surface area contributed by atoms with E-state index < -0.39 is 22.1 Å². The summed E-state index contributed by atoms with van der Waals surface area (Å²) in [5.74, 6) is -1.11. The van der Waals surface area contributed by atoms with E-state index >= 15 is 0 Å². The summed E-state index contributed by atoms with van der Waals surface area (Å²) >= 11 is 6.25. The van der Waals surface area contributed by atoms with Crippen molar-refractivity contribution >= 4 is 39.2 Å². The highest BCUT2D eigenvalue weighted by molar-refractivity contribution is 7.92. The number of benzene rings is 2. The van der Waals surface area contributed by atoms with Gasteiger partial charge in [0.2, 0.25) is 0 Å². The van der Waals surface area contributed by atoms with Crippen LogP contribution in [0.3, 0.4) is 0 Å². The van der Waals surface area contributed by atoms with Crippen LogP contribution in [0, 0.1) is 0 Å². The molecule has 0 saturated heterocycles. The molecule has 1 heterocycles. The number of hydrogen-bond donors (Lipinski definition) is 0. The number of fused-ring (bicyclic) bond motifs is 1. The van der Waals surface area contributed by atoms with Crippen molar-refractivity contribution in [1.29, 1.82) is 0 Å². The van der Waals surface area contributed by atoms with Gasteiger partial charge in [-0.25, -0.2) is 13.2 Å². The van der Waals surface area contributed by atoms with E-state index in [4.69, 9.17) is 16.3 Å². The van der Waals surface area contributed by atoms with Crippen LogP contribution in [-0.4, -0.2) is 50.9 Å². The highest BCUT2D eigenvalue weighted by Gasteiger charge is 2.32. The number of ether oxygens (including phenoxy) is 1. The Bertz CT molecular complexity index is 1210. The molecule has 9 heteroatoms. The zero-order chi connectivity index (χ0) is 25.2. The maximum atomic E-state index is 13.5. The van der Waals surface area contributed by atoms with Crippen molar-refractivity contribution in [3.63, 3.8) is 0 Å². The van der Waals surface area contributed by atoms with Crippen LogP contribution in [0.2, 0.25) is 5.02 Å². The molecule has 1 fully saturated rings. The number of para-hydroxylation sites is 1. The second kappa shape index (κ2) is 10.6. The van der Waals surface area contributed by atoms with Gasteiger partial charge in [0.25, 0.3) is 15.9 Å². The predicted octanol–water partition coefficient (Wildman–Crippen LogP) is 4.82. The summed E-state index contributed by atoms with van der Waals surface area (Å²) in [6, 6.07) is 11.5. The normalized spacial score (nSPS) is 17.4. The van der Waals surface area contributed by atoms with Gasteiger partial charge in [-0.1, -0.05) is 49.1 Å². The lowest BCUT2D eigenvalue weighted by molar-refractivity contribution is -0.141. The monoisotopic (exact) mass is 518 g/mol. The fourth-order valence-electron chi connectivity index (χ4n) is 4.91. The van der Waals surface area contributed by atoms with Gasteiger partial charge in [-0.05, 0) is 62.4 Å². The molecule has 0 spiro atoms. The topological polar surface area (TPSA) is 84.0 Å². The van der Waals surface area contributed by atoms with Gasteiger partial charge in [0.05, 0.1) is 21.2 Å². The summed E-state index contributed by atoms with van der Waals surface area (Å²) < 4.78 is 33.8. The SMILES string of the molecule is CC(OC(=O)c1cc(S(=O)(=O)N2CCCc3ccccc32)ccc1Cl)C(=O)N(C)C1CCCCC1. The van der Waals surface area contributed by atoms with Crippen LogP contribution in [0.1, 0.15) is 61.4 Å². The predicted molar refractivity (Wildman–Crippen MR) is 135 cm³/mol. The Morgan fingerprint density at radius 3 is 2.54 bits per heavy atom. The Morgan fingerprint density at radius 2 is 1.80 bits per heavy atom. The molecule has 2 aromatic rings. The zero-order valence-corrected chi connectivity index (χ0v) is 21.6. The number of aryl methyl sites for hydroxylation is 1. The van der Waals surface area contributed by atoms with Crippen LogP contribution in [0.25, 0.3) is 0 Å². The van der Waals surface area contributed by atoms with E-state index in [1.54, 1.807) is 24.1 Å². The number of anilines is 1.